The molecule has 13 heavy (non-hydrogen) atoms. The van der Waals surface area contributed by atoms with E-state index in [9.17, 15) is 9.90 Å². The smallest absolute Gasteiger partial charge is 0.306 e. The van der Waals surface area contributed by atoms with Gasteiger partial charge in [0.2, 0.25) is 0 Å². The van der Waals surface area contributed by atoms with Crippen molar-refractivity contribution in [3.05, 3.63) is 0 Å². The van der Waals surface area contributed by atoms with E-state index < -0.39 is 6.10 Å². The fourth-order valence-corrected chi connectivity index (χ4v) is 1.64. The van der Waals surface area contributed by atoms with Crippen molar-refractivity contribution < 1.29 is 14.6 Å². The van der Waals surface area contributed by atoms with Crippen molar-refractivity contribution >= 4 is 5.97 Å². The molecule has 0 aromatic rings. The van der Waals surface area contributed by atoms with Gasteiger partial charge in [-0.3, -0.25) is 4.79 Å². The number of esters is 1. The molecule has 0 aromatic heterocycles. The first-order valence-electron chi connectivity index (χ1n) is 4.97. The Morgan fingerprint density at radius 1 is 1.62 bits per heavy atom. The van der Waals surface area contributed by atoms with Crippen LogP contribution in [0.2, 0.25) is 0 Å². The number of carbonyl (C=O) groups is 1. The van der Waals surface area contributed by atoms with E-state index in [1.54, 1.807) is 0 Å². The van der Waals surface area contributed by atoms with Gasteiger partial charge in [0.05, 0.1) is 6.10 Å². The summed E-state index contributed by atoms with van der Waals surface area (Å²) in [4.78, 5) is 10.9. The standard InChI is InChI=1S/C10H18O3/c1-7(2)6-8(11)9-4-3-5-10(12)13-9/h7-9,11H,3-6H2,1-2H3/t8-,9+/m0/s1. The zero-order chi connectivity index (χ0) is 9.84. The molecule has 3 heteroatoms. The summed E-state index contributed by atoms with van der Waals surface area (Å²) in [5, 5.41) is 9.68. The second kappa shape index (κ2) is 4.61. The first kappa shape index (κ1) is 10.5. The summed E-state index contributed by atoms with van der Waals surface area (Å²) in [6.45, 7) is 4.10. The number of rotatable bonds is 3. The Bertz CT molecular complexity index is 177. The largest absolute Gasteiger partial charge is 0.460 e. The van der Waals surface area contributed by atoms with Crippen LogP contribution in [0, 0.1) is 5.92 Å². The molecule has 0 bridgehead atoms. The van der Waals surface area contributed by atoms with E-state index in [-0.39, 0.29) is 12.1 Å². The van der Waals surface area contributed by atoms with Crippen LogP contribution in [0.1, 0.15) is 39.5 Å². The number of cyclic esters (lactones) is 1. The average Bonchev–Trinajstić information content (AvgIpc) is 2.03. The lowest BCUT2D eigenvalue weighted by atomic mass is 9.97. The minimum Gasteiger partial charge on any atom is -0.460 e. The Labute approximate surface area is 79.1 Å². The van der Waals surface area contributed by atoms with Crippen molar-refractivity contribution in [2.45, 2.75) is 51.7 Å². The summed E-state index contributed by atoms with van der Waals surface area (Å²) < 4.78 is 5.06. The first-order valence-corrected chi connectivity index (χ1v) is 4.97. The molecular weight excluding hydrogens is 168 g/mol. The highest BCUT2D eigenvalue weighted by Crippen LogP contribution is 2.20. The maximum Gasteiger partial charge on any atom is 0.306 e. The minimum atomic E-state index is -0.482. The Morgan fingerprint density at radius 2 is 2.31 bits per heavy atom. The average molecular weight is 186 g/mol. The molecule has 76 valence electrons. The van der Waals surface area contributed by atoms with Crippen molar-refractivity contribution in [3.8, 4) is 0 Å². The van der Waals surface area contributed by atoms with Crippen molar-refractivity contribution in [3.63, 3.8) is 0 Å². The number of aliphatic hydroxyl groups is 1. The van der Waals surface area contributed by atoms with Crippen molar-refractivity contribution in [2.75, 3.05) is 0 Å². The van der Waals surface area contributed by atoms with Crippen molar-refractivity contribution in [1.82, 2.24) is 0 Å². The van der Waals surface area contributed by atoms with Gasteiger partial charge in [-0.05, 0) is 25.2 Å². The van der Waals surface area contributed by atoms with E-state index in [0.29, 0.717) is 18.8 Å². The van der Waals surface area contributed by atoms with Gasteiger partial charge in [0.1, 0.15) is 6.10 Å². The number of hydrogen-bond donors (Lipinski definition) is 1. The predicted octanol–water partition coefficient (Wildman–Crippen LogP) is 1.49. The number of ether oxygens (including phenoxy) is 1. The predicted molar refractivity (Wildman–Crippen MR) is 49.2 cm³/mol. The van der Waals surface area contributed by atoms with E-state index in [2.05, 4.69) is 0 Å². The maximum absolute atomic E-state index is 10.9. The Balaban J connectivity index is 2.36. The molecule has 1 rings (SSSR count). The molecule has 0 unspecified atom stereocenters. The zero-order valence-corrected chi connectivity index (χ0v) is 8.32. The van der Waals surface area contributed by atoms with Crippen LogP contribution in [-0.2, 0) is 9.53 Å². The fraction of sp³-hybridized carbons (Fsp3) is 0.900. The third-order valence-corrected chi connectivity index (χ3v) is 2.29. The van der Waals surface area contributed by atoms with Gasteiger partial charge in [0.25, 0.3) is 0 Å². The minimum absolute atomic E-state index is 0.168. The molecule has 1 aliphatic rings. The quantitative estimate of drug-likeness (QED) is 0.679. The van der Waals surface area contributed by atoms with Gasteiger partial charge in [-0.1, -0.05) is 13.8 Å². The molecule has 0 aliphatic carbocycles. The molecule has 0 saturated carbocycles. The van der Waals surface area contributed by atoms with Gasteiger partial charge in [0.15, 0.2) is 0 Å². The van der Waals surface area contributed by atoms with Crippen LogP contribution in [0.5, 0.6) is 0 Å². The maximum atomic E-state index is 10.9. The third-order valence-electron chi connectivity index (χ3n) is 2.29. The monoisotopic (exact) mass is 186 g/mol. The van der Waals surface area contributed by atoms with Crippen LogP contribution in [0.3, 0.4) is 0 Å². The van der Waals surface area contributed by atoms with Gasteiger partial charge >= 0.3 is 5.97 Å². The van der Waals surface area contributed by atoms with Gasteiger partial charge < -0.3 is 9.84 Å². The highest BCUT2D eigenvalue weighted by Gasteiger charge is 2.27. The molecule has 3 nitrogen and oxygen atoms in total. The van der Waals surface area contributed by atoms with E-state index in [1.165, 1.54) is 0 Å². The molecule has 0 spiro atoms. The van der Waals surface area contributed by atoms with Crippen LogP contribution in [0.4, 0.5) is 0 Å². The number of carbonyl (C=O) groups excluding carboxylic acids is 1. The molecule has 0 radical (unpaired) electrons. The van der Waals surface area contributed by atoms with Gasteiger partial charge in [-0.25, -0.2) is 0 Å². The Hall–Kier alpha value is -0.570. The number of hydrogen-bond acceptors (Lipinski definition) is 3. The fourth-order valence-electron chi connectivity index (χ4n) is 1.64. The lowest BCUT2D eigenvalue weighted by Gasteiger charge is -2.27. The first-order chi connectivity index (χ1) is 6.09. The van der Waals surface area contributed by atoms with Gasteiger partial charge in [0, 0.05) is 6.42 Å². The van der Waals surface area contributed by atoms with E-state index in [0.717, 1.165) is 12.8 Å². The van der Waals surface area contributed by atoms with Crippen LogP contribution >= 0.6 is 0 Å². The summed E-state index contributed by atoms with van der Waals surface area (Å²) in [6.07, 6.45) is 2.12. The normalized spacial score (nSPS) is 25.8. The summed E-state index contributed by atoms with van der Waals surface area (Å²) in [5.41, 5.74) is 0. The van der Waals surface area contributed by atoms with E-state index >= 15 is 0 Å². The molecule has 1 fully saturated rings. The highest BCUT2D eigenvalue weighted by molar-refractivity contribution is 5.70. The molecule has 1 heterocycles. The van der Waals surface area contributed by atoms with Gasteiger partial charge in [-0.2, -0.15) is 0 Å². The van der Waals surface area contributed by atoms with E-state index in [4.69, 9.17) is 4.74 Å². The summed E-state index contributed by atoms with van der Waals surface area (Å²) in [7, 11) is 0. The van der Waals surface area contributed by atoms with Gasteiger partial charge in [-0.15, -0.1) is 0 Å². The zero-order valence-electron chi connectivity index (χ0n) is 8.32. The SMILES string of the molecule is CC(C)C[C@H](O)[C@H]1CCCC(=O)O1. The Morgan fingerprint density at radius 3 is 2.85 bits per heavy atom. The molecule has 1 N–H and O–H groups in total. The number of aliphatic hydroxyl groups excluding tert-OH is 1. The second-order valence-electron chi connectivity index (χ2n) is 4.12. The Kier molecular flexibility index (Phi) is 3.72. The molecule has 1 saturated heterocycles. The lowest BCUT2D eigenvalue weighted by Crippen LogP contribution is -2.35. The summed E-state index contributed by atoms with van der Waals surface area (Å²) in [5.74, 6) is 0.273. The molecular formula is C10H18O3. The van der Waals surface area contributed by atoms with Crippen LogP contribution < -0.4 is 0 Å². The van der Waals surface area contributed by atoms with Crippen LogP contribution in [-0.4, -0.2) is 23.3 Å². The third kappa shape index (κ3) is 3.35. The molecule has 1 aliphatic heterocycles. The summed E-state index contributed by atoms with van der Waals surface area (Å²) in [6, 6.07) is 0. The van der Waals surface area contributed by atoms with Crippen molar-refractivity contribution in [1.29, 1.82) is 0 Å². The van der Waals surface area contributed by atoms with Crippen LogP contribution in [0.15, 0.2) is 0 Å². The van der Waals surface area contributed by atoms with Crippen LogP contribution in [0.25, 0.3) is 0 Å². The molecule has 0 amide bonds. The summed E-state index contributed by atoms with van der Waals surface area (Å²) >= 11 is 0. The van der Waals surface area contributed by atoms with E-state index in [1.807, 2.05) is 13.8 Å². The lowest BCUT2D eigenvalue weighted by molar-refractivity contribution is -0.161. The topological polar surface area (TPSA) is 46.5 Å². The van der Waals surface area contributed by atoms with Crippen molar-refractivity contribution in [2.24, 2.45) is 5.92 Å². The molecule has 0 aromatic carbocycles. The highest BCUT2D eigenvalue weighted by atomic mass is 16.6. The molecule has 2 atom stereocenters. The second-order valence-corrected chi connectivity index (χ2v) is 4.12.